The molecule has 0 N–H and O–H groups in total. The van der Waals surface area contributed by atoms with Gasteiger partial charge >= 0.3 is 0 Å². The Morgan fingerprint density at radius 1 is 1.42 bits per heavy atom. The smallest absolute Gasteiger partial charge is 0.272 e. The fourth-order valence-corrected chi connectivity index (χ4v) is 1.95. The zero-order valence-corrected chi connectivity index (χ0v) is 10.6. The topological polar surface area (TPSA) is 35.5 Å². The third kappa shape index (κ3) is 3.58. The van der Waals surface area contributed by atoms with Crippen molar-refractivity contribution < 1.29 is 23.0 Å². The summed E-state index contributed by atoms with van der Waals surface area (Å²) < 4.78 is 37.6. The standard InChI is InChI=1S/C14H16F2O3/c1-14(16,13(17)10-5-3-2-4-6-10)19-12-9-11(15)7-8-18-12/h2-6,11-12H,7-9H2,1H3/t11?,12?,14-/m0/s1. The van der Waals surface area contributed by atoms with Crippen molar-refractivity contribution in [2.45, 2.75) is 38.1 Å². The molecule has 0 saturated carbocycles. The van der Waals surface area contributed by atoms with Crippen LogP contribution >= 0.6 is 0 Å². The van der Waals surface area contributed by atoms with Gasteiger partial charge in [-0.2, -0.15) is 0 Å². The maximum atomic E-state index is 14.3. The van der Waals surface area contributed by atoms with E-state index < -0.39 is 24.1 Å². The van der Waals surface area contributed by atoms with Crippen LogP contribution in [0.5, 0.6) is 0 Å². The number of Topliss-reactive ketones (excluding diaryl/α,β-unsaturated/α-hetero) is 1. The highest BCUT2D eigenvalue weighted by atomic mass is 19.2. The SMILES string of the molecule is C[C@](F)(OC1CC(F)CCO1)C(=O)c1ccccc1. The first kappa shape index (κ1) is 14.1. The summed E-state index contributed by atoms with van der Waals surface area (Å²) in [5.41, 5.74) is 0.208. The van der Waals surface area contributed by atoms with Gasteiger partial charge in [0, 0.05) is 25.3 Å². The summed E-state index contributed by atoms with van der Waals surface area (Å²) in [6, 6.07) is 8.01. The van der Waals surface area contributed by atoms with E-state index >= 15 is 0 Å². The Hall–Kier alpha value is -1.33. The Kier molecular flexibility index (Phi) is 4.27. The molecule has 19 heavy (non-hydrogen) atoms. The van der Waals surface area contributed by atoms with E-state index in [1.54, 1.807) is 18.2 Å². The van der Waals surface area contributed by atoms with E-state index in [1.807, 2.05) is 0 Å². The molecule has 1 fully saturated rings. The number of ether oxygens (including phenoxy) is 2. The van der Waals surface area contributed by atoms with Crippen LogP contribution in [0.25, 0.3) is 0 Å². The summed E-state index contributed by atoms with van der Waals surface area (Å²) >= 11 is 0. The van der Waals surface area contributed by atoms with Gasteiger partial charge in [0.05, 0.1) is 6.61 Å². The summed E-state index contributed by atoms with van der Waals surface area (Å²) in [4.78, 5) is 12.0. The van der Waals surface area contributed by atoms with Crippen molar-refractivity contribution in [1.29, 1.82) is 0 Å². The van der Waals surface area contributed by atoms with Gasteiger partial charge in [-0.25, -0.2) is 8.78 Å². The Bertz CT molecular complexity index is 434. The van der Waals surface area contributed by atoms with Crippen LogP contribution in [-0.4, -0.2) is 30.7 Å². The molecule has 1 aliphatic rings. The molecule has 0 spiro atoms. The predicted molar refractivity (Wildman–Crippen MR) is 65.2 cm³/mol. The Labute approximate surface area is 110 Å². The number of alkyl halides is 2. The lowest BCUT2D eigenvalue weighted by molar-refractivity contribution is -0.248. The zero-order chi connectivity index (χ0) is 13.9. The molecular formula is C14H16F2O3. The fraction of sp³-hybridized carbons (Fsp3) is 0.500. The summed E-state index contributed by atoms with van der Waals surface area (Å²) in [6.07, 6.45) is -1.88. The van der Waals surface area contributed by atoms with Crippen LogP contribution in [0.3, 0.4) is 0 Å². The minimum Gasteiger partial charge on any atom is -0.352 e. The van der Waals surface area contributed by atoms with Gasteiger partial charge in [0.25, 0.3) is 5.85 Å². The molecule has 3 nitrogen and oxygen atoms in total. The summed E-state index contributed by atoms with van der Waals surface area (Å²) in [6.45, 7) is 1.19. The molecule has 0 bridgehead atoms. The highest BCUT2D eigenvalue weighted by molar-refractivity contribution is 6.01. The fourth-order valence-electron chi connectivity index (χ4n) is 1.95. The summed E-state index contributed by atoms with van der Waals surface area (Å²) in [5, 5.41) is 0. The van der Waals surface area contributed by atoms with Crippen LogP contribution in [-0.2, 0) is 9.47 Å². The molecule has 2 unspecified atom stereocenters. The molecule has 1 aromatic carbocycles. The number of hydrogen-bond donors (Lipinski definition) is 0. The Morgan fingerprint density at radius 3 is 2.74 bits per heavy atom. The highest BCUT2D eigenvalue weighted by Gasteiger charge is 2.39. The third-order valence-electron chi connectivity index (χ3n) is 2.98. The molecule has 0 radical (unpaired) electrons. The first-order valence-corrected chi connectivity index (χ1v) is 6.21. The van der Waals surface area contributed by atoms with Gasteiger partial charge in [0.1, 0.15) is 6.17 Å². The van der Waals surface area contributed by atoms with Gasteiger partial charge < -0.3 is 9.47 Å². The Morgan fingerprint density at radius 2 is 2.11 bits per heavy atom. The molecule has 3 atom stereocenters. The minimum atomic E-state index is -2.52. The molecule has 2 rings (SSSR count). The van der Waals surface area contributed by atoms with Crippen molar-refractivity contribution >= 4 is 5.78 Å². The summed E-state index contributed by atoms with van der Waals surface area (Å²) in [7, 11) is 0. The Balaban J connectivity index is 2.03. The van der Waals surface area contributed by atoms with E-state index in [2.05, 4.69) is 0 Å². The molecule has 0 aromatic heterocycles. The van der Waals surface area contributed by atoms with E-state index in [0.29, 0.717) is 0 Å². The van der Waals surface area contributed by atoms with Crippen molar-refractivity contribution in [3.8, 4) is 0 Å². The molecular weight excluding hydrogens is 254 g/mol. The lowest BCUT2D eigenvalue weighted by atomic mass is 10.1. The first-order chi connectivity index (χ1) is 8.99. The van der Waals surface area contributed by atoms with Gasteiger partial charge in [-0.05, 0) is 0 Å². The molecule has 1 aromatic rings. The average Bonchev–Trinajstić information content (AvgIpc) is 2.38. The second-order valence-electron chi connectivity index (χ2n) is 4.65. The number of hydrogen-bond acceptors (Lipinski definition) is 3. The number of rotatable bonds is 4. The zero-order valence-electron chi connectivity index (χ0n) is 10.6. The predicted octanol–water partition coefficient (Wildman–Crippen LogP) is 3.05. The van der Waals surface area contributed by atoms with E-state index in [4.69, 9.17) is 9.47 Å². The van der Waals surface area contributed by atoms with Crippen molar-refractivity contribution in [3.63, 3.8) is 0 Å². The van der Waals surface area contributed by atoms with Gasteiger partial charge in [-0.15, -0.1) is 0 Å². The summed E-state index contributed by atoms with van der Waals surface area (Å²) in [5.74, 6) is -3.32. The van der Waals surface area contributed by atoms with Gasteiger partial charge in [-0.1, -0.05) is 30.3 Å². The lowest BCUT2D eigenvalue weighted by Gasteiger charge is -2.30. The van der Waals surface area contributed by atoms with Crippen LogP contribution in [0.1, 0.15) is 30.1 Å². The third-order valence-corrected chi connectivity index (χ3v) is 2.98. The van der Waals surface area contributed by atoms with Crippen LogP contribution < -0.4 is 0 Å². The van der Waals surface area contributed by atoms with Crippen molar-refractivity contribution in [2.75, 3.05) is 6.61 Å². The van der Waals surface area contributed by atoms with Crippen LogP contribution in [0, 0.1) is 0 Å². The van der Waals surface area contributed by atoms with Crippen molar-refractivity contribution in [2.24, 2.45) is 0 Å². The van der Waals surface area contributed by atoms with Crippen LogP contribution in [0.15, 0.2) is 30.3 Å². The van der Waals surface area contributed by atoms with Gasteiger partial charge in [0.2, 0.25) is 5.78 Å². The quantitative estimate of drug-likeness (QED) is 0.789. The second-order valence-corrected chi connectivity index (χ2v) is 4.65. The molecule has 1 saturated heterocycles. The van der Waals surface area contributed by atoms with Gasteiger partial charge in [0.15, 0.2) is 6.29 Å². The second kappa shape index (κ2) is 5.75. The van der Waals surface area contributed by atoms with Crippen molar-refractivity contribution in [3.05, 3.63) is 35.9 Å². The minimum absolute atomic E-state index is 0.0540. The normalized spacial score (nSPS) is 26.7. The average molecular weight is 270 g/mol. The van der Waals surface area contributed by atoms with Gasteiger partial charge in [-0.3, -0.25) is 4.79 Å². The van der Waals surface area contributed by atoms with E-state index in [-0.39, 0.29) is 25.0 Å². The molecule has 0 aliphatic carbocycles. The molecule has 0 amide bonds. The number of carbonyl (C=O) groups excluding carboxylic acids is 1. The van der Waals surface area contributed by atoms with E-state index in [9.17, 15) is 13.6 Å². The van der Waals surface area contributed by atoms with Crippen LogP contribution in [0.4, 0.5) is 8.78 Å². The van der Waals surface area contributed by atoms with Crippen molar-refractivity contribution in [1.82, 2.24) is 0 Å². The highest BCUT2D eigenvalue weighted by Crippen LogP contribution is 2.26. The maximum absolute atomic E-state index is 14.3. The number of ketones is 1. The first-order valence-electron chi connectivity index (χ1n) is 6.21. The molecule has 1 heterocycles. The molecule has 1 aliphatic heterocycles. The van der Waals surface area contributed by atoms with E-state index in [1.165, 1.54) is 12.1 Å². The lowest BCUT2D eigenvalue weighted by Crippen LogP contribution is -2.41. The maximum Gasteiger partial charge on any atom is 0.272 e. The molecule has 104 valence electrons. The molecule has 5 heteroatoms. The van der Waals surface area contributed by atoms with E-state index in [0.717, 1.165) is 6.92 Å². The number of benzene rings is 1. The van der Waals surface area contributed by atoms with Crippen LogP contribution in [0.2, 0.25) is 0 Å². The number of carbonyl (C=O) groups is 1. The largest absolute Gasteiger partial charge is 0.352 e. The number of halogens is 2. The monoisotopic (exact) mass is 270 g/mol.